The molecule has 2 heterocycles. The molecule has 0 N–H and O–H groups in total. The third kappa shape index (κ3) is 1.43. The number of hydrogen-bond donors (Lipinski definition) is 0. The van der Waals surface area contributed by atoms with E-state index in [-0.39, 0.29) is 0 Å². The molecule has 0 aromatic carbocycles. The second-order valence-electron chi connectivity index (χ2n) is 2.66. The quantitative estimate of drug-likeness (QED) is 0.683. The maximum Gasteiger partial charge on any atom is 0.171 e. The lowest BCUT2D eigenvalue weighted by molar-refractivity contribution is 0.185. The molecule has 0 bridgehead atoms. The van der Waals surface area contributed by atoms with Gasteiger partial charge in [0.25, 0.3) is 0 Å². The van der Waals surface area contributed by atoms with Gasteiger partial charge in [-0.2, -0.15) is 0 Å². The number of hydroxylamine groups is 1. The predicted molar refractivity (Wildman–Crippen MR) is 53.6 cm³/mol. The van der Waals surface area contributed by atoms with Crippen LogP contribution >= 0.6 is 11.8 Å². The number of rotatable bonds is 1. The summed E-state index contributed by atoms with van der Waals surface area (Å²) in [6.45, 7) is 3.91. The molecule has 1 aromatic heterocycles. The van der Waals surface area contributed by atoms with Crippen molar-refractivity contribution >= 4 is 17.6 Å². The van der Waals surface area contributed by atoms with Crippen molar-refractivity contribution in [3.05, 3.63) is 30.6 Å². The molecule has 4 heteroatoms. The molecular weight excluding hydrogens is 184 g/mol. The summed E-state index contributed by atoms with van der Waals surface area (Å²) < 4.78 is 0. The molecule has 0 fully saturated rings. The Morgan fingerprint density at radius 3 is 3.31 bits per heavy atom. The van der Waals surface area contributed by atoms with Crippen molar-refractivity contribution in [2.75, 3.05) is 17.9 Å². The fourth-order valence-corrected chi connectivity index (χ4v) is 2.11. The highest BCUT2D eigenvalue weighted by atomic mass is 32.2. The molecule has 68 valence electrons. The molecule has 0 unspecified atom stereocenters. The standard InChI is InChI=1S/C9H10N2OS/c1-7-6-13-8-4-3-5-10-9(8)11(7)12-2/h3-5H,1,6H2,2H3. The normalized spacial score (nSPS) is 15.8. The Hall–Kier alpha value is -1.00. The minimum absolute atomic E-state index is 0.839. The molecule has 1 aromatic rings. The van der Waals surface area contributed by atoms with E-state index in [1.165, 1.54) is 0 Å². The molecule has 3 nitrogen and oxygen atoms in total. The first-order chi connectivity index (χ1) is 6.33. The number of nitrogens with zero attached hydrogens (tertiary/aromatic N) is 2. The lowest BCUT2D eigenvalue weighted by Crippen LogP contribution is -2.26. The summed E-state index contributed by atoms with van der Waals surface area (Å²) in [6.07, 6.45) is 1.75. The average Bonchev–Trinajstić information content (AvgIpc) is 2.18. The maximum atomic E-state index is 5.19. The van der Waals surface area contributed by atoms with Crippen LogP contribution in [0.1, 0.15) is 0 Å². The van der Waals surface area contributed by atoms with Crippen molar-refractivity contribution in [3.63, 3.8) is 0 Å². The van der Waals surface area contributed by atoms with E-state index < -0.39 is 0 Å². The van der Waals surface area contributed by atoms with Crippen LogP contribution in [0.5, 0.6) is 0 Å². The van der Waals surface area contributed by atoms with Gasteiger partial charge in [0.1, 0.15) is 0 Å². The van der Waals surface area contributed by atoms with Gasteiger partial charge in [-0.25, -0.2) is 10.0 Å². The van der Waals surface area contributed by atoms with Crippen LogP contribution in [-0.2, 0) is 4.84 Å². The molecule has 0 radical (unpaired) electrons. The van der Waals surface area contributed by atoms with E-state index in [0.29, 0.717) is 0 Å². The van der Waals surface area contributed by atoms with Gasteiger partial charge in [-0.1, -0.05) is 6.58 Å². The SMILES string of the molecule is C=C1CSc2cccnc2N1OC. The minimum Gasteiger partial charge on any atom is -0.271 e. The zero-order valence-corrected chi connectivity index (χ0v) is 8.17. The number of pyridine rings is 1. The van der Waals surface area contributed by atoms with Gasteiger partial charge in [-0.3, -0.25) is 4.84 Å². The van der Waals surface area contributed by atoms with Crippen LogP contribution in [0.4, 0.5) is 5.82 Å². The summed E-state index contributed by atoms with van der Waals surface area (Å²) in [4.78, 5) is 10.6. The zero-order valence-electron chi connectivity index (χ0n) is 7.36. The number of hydrogen-bond acceptors (Lipinski definition) is 4. The lowest BCUT2D eigenvalue weighted by atomic mass is 10.4. The van der Waals surface area contributed by atoms with Crippen LogP contribution in [0.3, 0.4) is 0 Å². The molecule has 0 saturated heterocycles. The molecule has 13 heavy (non-hydrogen) atoms. The fraction of sp³-hybridized carbons (Fsp3) is 0.222. The Morgan fingerprint density at radius 2 is 2.54 bits per heavy atom. The van der Waals surface area contributed by atoms with E-state index in [0.717, 1.165) is 22.2 Å². The monoisotopic (exact) mass is 194 g/mol. The van der Waals surface area contributed by atoms with E-state index >= 15 is 0 Å². The third-order valence-corrected chi connectivity index (χ3v) is 2.91. The minimum atomic E-state index is 0.839. The molecule has 0 amide bonds. The van der Waals surface area contributed by atoms with Crippen molar-refractivity contribution in [1.82, 2.24) is 4.98 Å². The summed E-state index contributed by atoms with van der Waals surface area (Å²) in [7, 11) is 1.62. The van der Waals surface area contributed by atoms with Crippen molar-refractivity contribution in [3.8, 4) is 0 Å². The number of fused-ring (bicyclic) bond motifs is 1. The number of thioether (sulfide) groups is 1. The first kappa shape index (κ1) is 8.59. The van der Waals surface area contributed by atoms with E-state index in [2.05, 4.69) is 11.6 Å². The molecule has 0 aliphatic carbocycles. The highest BCUT2D eigenvalue weighted by molar-refractivity contribution is 7.99. The van der Waals surface area contributed by atoms with Gasteiger partial charge < -0.3 is 0 Å². The van der Waals surface area contributed by atoms with Gasteiger partial charge in [-0.05, 0) is 12.1 Å². The smallest absolute Gasteiger partial charge is 0.171 e. The van der Waals surface area contributed by atoms with Crippen LogP contribution in [0.2, 0.25) is 0 Å². The fourth-order valence-electron chi connectivity index (χ4n) is 1.23. The van der Waals surface area contributed by atoms with Crippen molar-refractivity contribution in [2.45, 2.75) is 4.90 Å². The van der Waals surface area contributed by atoms with Crippen LogP contribution in [-0.4, -0.2) is 17.8 Å². The van der Waals surface area contributed by atoms with Gasteiger partial charge in [0, 0.05) is 11.9 Å². The Kier molecular flexibility index (Phi) is 2.24. The average molecular weight is 194 g/mol. The van der Waals surface area contributed by atoms with E-state index in [4.69, 9.17) is 4.84 Å². The van der Waals surface area contributed by atoms with Gasteiger partial charge in [0.15, 0.2) is 5.82 Å². The molecule has 0 spiro atoms. The molecule has 1 aliphatic rings. The van der Waals surface area contributed by atoms with E-state index in [1.807, 2.05) is 12.1 Å². The van der Waals surface area contributed by atoms with Crippen molar-refractivity contribution < 1.29 is 4.84 Å². The molecular formula is C9H10N2OS. The topological polar surface area (TPSA) is 25.4 Å². The predicted octanol–water partition coefficient (Wildman–Crippen LogP) is 2.07. The highest BCUT2D eigenvalue weighted by Gasteiger charge is 2.21. The summed E-state index contributed by atoms with van der Waals surface area (Å²) in [6, 6.07) is 3.96. The summed E-state index contributed by atoms with van der Waals surface area (Å²) in [5.74, 6) is 1.69. The van der Waals surface area contributed by atoms with Crippen LogP contribution in [0.15, 0.2) is 35.5 Å². The van der Waals surface area contributed by atoms with Crippen LogP contribution in [0, 0.1) is 0 Å². The number of aromatic nitrogens is 1. The maximum absolute atomic E-state index is 5.19. The Bertz CT molecular complexity index is 340. The Morgan fingerprint density at radius 1 is 1.69 bits per heavy atom. The van der Waals surface area contributed by atoms with Crippen molar-refractivity contribution in [1.29, 1.82) is 0 Å². The van der Waals surface area contributed by atoms with Crippen LogP contribution < -0.4 is 5.06 Å². The zero-order chi connectivity index (χ0) is 9.26. The van der Waals surface area contributed by atoms with Gasteiger partial charge in [-0.15, -0.1) is 11.8 Å². The van der Waals surface area contributed by atoms with Crippen molar-refractivity contribution in [2.24, 2.45) is 0 Å². The second-order valence-corrected chi connectivity index (χ2v) is 3.67. The van der Waals surface area contributed by atoms with Gasteiger partial charge in [0.2, 0.25) is 0 Å². The largest absolute Gasteiger partial charge is 0.271 e. The Balaban J connectivity index is 2.45. The summed E-state index contributed by atoms with van der Waals surface area (Å²) >= 11 is 1.73. The highest BCUT2D eigenvalue weighted by Crippen LogP contribution is 2.36. The Labute approximate surface area is 81.4 Å². The number of anilines is 1. The third-order valence-electron chi connectivity index (χ3n) is 1.81. The van der Waals surface area contributed by atoms with Gasteiger partial charge >= 0.3 is 0 Å². The summed E-state index contributed by atoms with van der Waals surface area (Å²) in [5, 5.41) is 1.67. The van der Waals surface area contributed by atoms with Crippen LogP contribution in [0.25, 0.3) is 0 Å². The van der Waals surface area contributed by atoms with E-state index in [1.54, 1.807) is 30.1 Å². The lowest BCUT2D eigenvalue weighted by Gasteiger charge is -2.28. The molecule has 0 atom stereocenters. The molecule has 1 aliphatic heterocycles. The molecule has 0 saturated carbocycles. The summed E-state index contributed by atoms with van der Waals surface area (Å²) in [5.41, 5.74) is 0.929. The first-order valence-corrected chi connectivity index (χ1v) is 4.91. The first-order valence-electron chi connectivity index (χ1n) is 3.93. The second kappa shape index (κ2) is 3.40. The van der Waals surface area contributed by atoms with Gasteiger partial charge in [0.05, 0.1) is 17.7 Å². The van der Waals surface area contributed by atoms with E-state index in [9.17, 15) is 0 Å². The molecule has 2 rings (SSSR count).